The molecule has 5 nitrogen and oxygen atoms in total. The molecule has 2 aliphatic heterocycles. The molecule has 2 atom stereocenters. The molecule has 3 aromatic rings. The first-order valence-electron chi connectivity index (χ1n) is 13.4. The van der Waals surface area contributed by atoms with Gasteiger partial charge in [-0.05, 0) is 59.2 Å². The van der Waals surface area contributed by atoms with E-state index in [-0.39, 0.29) is 36.5 Å². The Bertz CT molecular complexity index is 1300. The first-order valence-corrected chi connectivity index (χ1v) is 13.4. The van der Waals surface area contributed by atoms with E-state index < -0.39 is 18.4 Å². The molecule has 0 radical (unpaired) electrons. The van der Waals surface area contributed by atoms with Crippen LogP contribution in [0.15, 0.2) is 72.8 Å². The van der Waals surface area contributed by atoms with Crippen molar-refractivity contribution in [1.29, 1.82) is 0 Å². The summed E-state index contributed by atoms with van der Waals surface area (Å²) in [5.74, 6) is 0.0666. The van der Waals surface area contributed by atoms with Crippen LogP contribution in [0.4, 0.5) is 18.0 Å². The zero-order valence-electron chi connectivity index (χ0n) is 21.4. The number of fused-ring (bicyclic) bond motifs is 5. The van der Waals surface area contributed by atoms with Crippen molar-refractivity contribution in [3.05, 3.63) is 89.5 Å². The lowest BCUT2D eigenvalue weighted by Crippen LogP contribution is -2.59. The van der Waals surface area contributed by atoms with Gasteiger partial charge < -0.3 is 19.5 Å². The Balaban J connectivity index is 1.14. The van der Waals surface area contributed by atoms with E-state index in [0.717, 1.165) is 30.4 Å². The van der Waals surface area contributed by atoms with Crippen LogP contribution in [0.2, 0.25) is 0 Å². The number of carbonyl (C=O) groups excluding carboxylic acids is 1. The van der Waals surface area contributed by atoms with E-state index in [1.54, 1.807) is 12.1 Å². The van der Waals surface area contributed by atoms with Crippen LogP contribution >= 0.6 is 0 Å². The molecule has 1 amide bonds. The van der Waals surface area contributed by atoms with Crippen LogP contribution in [-0.4, -0.2) is 47.6 Å². The maximum Gasteiger partial charge on any atom is 0.422 e. The van der Waals surface area contributed by atoms with Crippen LogP contribution in [-0.2, 0) is 10.3 Å². The van der Waals surface area contributed by atoms with E-state index in [1.165, 1.54) is 23.3 Å². The molecule has 2 bridgehead atoms. The Kier molecular flexibility index (Phi) is 6.53. The predicted molar refractivity (Wildman–Crippen MR) is 139 cm³/mol. The number of aliphatic hydroxyl groups is 1. The van der Waals surface area contributed by atoms with Crippen molar-refractivity contribution < 1.29 is 32.5 Å². The molecule has 0 saturated carbocycles. The molecule has 6 rings (SSSR count). The molecule has 2 unspecified atom stereocenters. The number of rotatable bonds is 5. The summed E-state index contributed by atoms with van der Waals surface area (Å²) in [6.07, 6.45) is -1.61. The van der Waals surface area contributed by atoms with E-state index in [4.69, 9.17) is 9.47 Å². The summed E-state index contributed by atoms with van der Waals surface area (Å²) in [5, 5.41) is 11.6. The van der Waals surface area contributed by atoms with Crippen LogP contribution < -0.4 is 4.74 Å². The first-order chi connectivity index (χ1) is 18.7. The molecule has 1 aliphatic carbocycles. The number of hydrogen-bond donors (Lipinski definition) is 1. The Hall–Kier alpha value is -3.52. The molecule has 1 N–H and O–H groups in total. The standard InChI is InChI=1S/C31H30F3NO4/c32-31(33,34)19-39-23-14-12-20(13-15-23)30(37)16-21-6-5-7-22(17-30)35(21)29(36)38-18-28-26-10-3-1-8-24(26)25-9-2-4-11-27(25)28/h1-4,8-15,21-22,28,37H,5-7,16-19H2. The molecule has 0 aromatic heterocycles. The van der Waals surface area contributed by atoms with Crippen molar-refractivity contribution in [3.63, 3.8) is 0 Å². The predicted octanol–water partition coefficient (Wildman–Crippen LogP) is 6.78. The maximum atomic E-state index is 13.5. The highest BCUT2D eigenvalue weighted by Gasteiger charge is 2.49. The Labute approximate surface area is 225 Å². The van der Waals surface area contributed by atoms with Gasteiger partial charge in [0.1, 0.15) is 12.4 Å². The average Bonchev–Trinajstić information content (AvgIpc) is 3.23. The number of nitrogens with zero attached hydrogens (tertiary/aromatic N) is 1. The molecule has 3 aliphatic rings. The van der Waals surface area contributed by atoms with E-state index in [1.807, 2.05) is 29.2 Å². The molecule has 8 heteroatoms. The third-order valence-corrected chi connectivity index (χ3v) is 8.35. The second-order valence-corrected chi connectivity index (χ2v) is 10.8. The van der Waals surface area contributed by atoms with Gasteiger partial charge in [0, 0.05) is 30.8 Å². The SMILES string of the molecule is O=C(OCC1c2ccccc2-c2ccccc21)N1C2CCCC1CC(O)(c1ccc(OCC(F)(F)F)cc1)C2. The van der Waals surface area contributed by atoms with Crippen molar-refractivity contribution in [3.8, 4) is 16.9 Å². The molecule has 2 fully saturated rings. The number of ether oxygens (including phenoxy) is 2. The summed E-state index contributed by atoms with van der Waals surface area (Å²) in [4.78, 5) is 15.3. The maximum absolute atomic E-state index is 13.5. The fourth-order valence-corrected chi connectivity index (χ4v) is 6.66. The highest BCUT2D eigenvalue weighted by Crippen LogP contribution is 2.47. The van der Waals surface area contributed by atoms with Gasteiger partial charge in [0.05, 0.1) is 5.60 Å². The van der Waals surface area contributed by atoms with Crippen LogP contribution in [0.25, 0.3) is 11.1 Å². The molecule has 204 valence electrons. The normalized spacial score (nSPS) is 24.2. The molecular formula is C31H30F3NO4. The van der Waals surface area contributed by atoms with Crippen LogP contribution in [0.1, 0.15) is 54.7 Å². The zero-order chi connectivity index (χ0) is 27.2. The number of piperidine rings is 2. The third-order valence-electron chi connectivity index (χ3n) is 8.35. The first kappa shape index (κ1) is 25.7. The second-order valence-electron chi connectivity index (χ2n) is 10.8. The number of benzene rings is 3. The number of hydrogen-bond acceptors (Lipinski definition) is 4. The lowest BCUT2D eigenvalue weighted by atomic mass is 9.72. The fourth-order valence-electron chi connectivity index (χ4n) is 6.66. The molecule has 3 aromatic carbocycles. The monoisotopic (exact) mass is 537 g/mol. The van der Waals surface area contributed by atoms with Gasteiger partial charge in [-0.15, -0.1) is 0 Å². The number of amides is 1. The highest BCUT2D eigenvalue weighted by atomic mass is 19.4. The van der Waals surface area contributed by atoms with E-state index in [0.29, 0.717) is 18.4 Å². The number of halogens is 3. The summed E-state index contributed by atoms with van der Waals surface area (Å²) in [6.45, 7) is -1.12. The molecule has 2 saturated heterocycles. The van der Waals surface area contributed by atoms with Crippen LogP contribution in [0.5, 0.6) is 5.75 Å². The van der Waals surface area contributed by atoms with Crippen molar-refractivity contribution in [2.24, 2.45) is 0 Å². The topological polar surface area (TPSA) is 59.0 Å². The van der Waals surface area contributed by atoms with Crippen LogP contribution in [0, 0.1) is 0 Å². The third kappa shape index (κ3) is 4.98. The number of alkyl halides is 3. The lowest BCUT2D eigenvalue weighted by molar-refractivity contribution is -0.153. The molecule has 0 spiro atoms. The minimum absolute atomic E-state index is 0.0269. The quantitative estimate of drug-likeness (QED) is 0.390. The zero-order valence-corrected chi connectivity index (χ0v) is 21.4. The second kappa shape index (κ2) is 9.90. The highest BCUT2D eigenvalue weighted by molar-refractivity contribution is 5.79. The minimum atomic E-state index is -4.42. The minimum Gasteiger partial charge on any atom is -0.484 e. The summed E-state index contributed by atoms with van der Waals surface area (Å²) in [6, 6.07) is 22.2. The van der Waals surface area contributed by atoms with Crippen molar-refractivity contribution in [1.82, 2.24) is 4.90 Å². The Morgan fingerprint density at radius 3 is 2.03 bits per heavy atom. The summed E-state index contributed by atoms with van der Waals surface area (Å²) >= 11 is 0. The van der Waals surface area contributed by atoms with Gasteiger partial charge in [-0.25, -0.2) is 4.79 Å². The largest absolute Gasteiger partial charge is 0.484 e. The average molecular weight is 538 g/mol. The van der Waals surface area contributed by atoms with Gasteiger partial charge in [0.15, 0.2) is 6.61 Å². The van der Waals surface area contributed by atoms with Gasteiger partial charge in [0.25, 0.3) is 0 Å². The smallest absolute Gasteiger partial charge is 0.422 e. The molecule has 2 heterocycles. The number of carbonyl (C=O) groups is 1. The summed E-state index contributed by atoms with van der Waals surface area (Å²) in [7, 11) is 0. The molecular weight excluding hydrogens is 507 g/mol. The van der Waals surface area contributed by atoms with Gasteiger partial charge in [0.2, 0.25) is 0 Å². The Morgan fingerprint density at radius 2 is 1.46 bits per heavy atom. The van der Waals surface area contributed by atoms with Crippen molar-refractivity contribution in [2.45, 2.75) is 61.9 Å². The lowest BCUT2D eigenvalue weighted by Gasteiger charge is -2.51. The Morgan fingerprint density at radius 1 is 0.897 bits per heavy atom. The fraction of sp³-hybridized carbons (Fsp3) is 0.387. The summed E-state index contributed by atoms with van der Waals surface area (Å²) in [5.41, 5.74) is 4.08. The van der Waals surface area contributed by atoms with E-state index in [2.05, 4.69) is 24.3 Å². The van der Waals surface area contributed by atoms with E-state index in [9.17, 15) is 23.1 Å². The summed E-state index contributed by atoms with van der Waals surface area (Å²) < 4.78 is 48.2. The van der Waals surface area contributed by atoms with E-state index >= 15 is 0 Å². The van der Waals surface area contributed by atoms with Crippen molar-refractivity contribution in [2.75, 3.05) is 13.2 Å². The van der Waals surface area contributed by atoms with Crippen LogP contribution in [0.3, 0.4) is 0 Å². The van der Waals surface area contributed by atoms with Crippen molar-refractivity contribution >= 4 is 6.09 Å². The molecule has 39 heavy (non-hydrogen) atoms. The van der Waals surface area contributed by atoms with Gasteiger partial charge in [-0.1, -0.05) is 60.7 Å². The van der Waals surface area contributed by atoms with Gasteiger partial charge >= 0.3 is 12.3 Å². The van der Waals surface area contributed by atoms with Gasteiger partial charge in [-0.2, -0.15) is 13.2 Å². The van der Waals surface area contributed by atoms with Gasteiger partial charge in [-0.3, -0.25) is 0 Å².